The van der Waals surface area contributed by atoms with Crippen molar-refractivity contribution in [3.8, 4) is 5.75 Å². The van der Waals surface area contributed by atoms with Gasteiger partial charge in [-0.25, -0.2) is 0 Å². The van der Waals surface area contributed by atoms with E-state index in [4.69, 9.17) is 4.74 Å². The fraction of sp³-hybridized carbons (Fsp3) is 0.318. The molecule has 0 atom stereocenters. The second-order valence-corrected chi connectivity index (χ2v) is 8.20. The molecule has 0 radical (unpaired) electrons. The van der Waals surface area contributed by atoms with Crippen LogP contribution >= 0.6 is 11.8 Å². The SMILES string of the molecule is COc1ccc(CCCc2nnc(SCC(=O)Nc3ccc([N+](=O)[O-])cc3)n2C)cc1C. The van der Waals surface area contributed by atoms with E-state index in [9.17, 15) is 14.9 Å². The number of nitrogens with one attached hydrogen (secondary N) is 1. The number of aryl methyl sites for hydroxylation is 3. The van der Waals surface area contributed by atoms with Crippen LogP contribution in [0, 0.1) is 17.0 Å². The summed E-state index contributed by atoms with van der Waals surface area (Å²) in [5.41, 5.74) is 2.86. The first-order valence-corrected chi connectivity index (χ1v) is 11.0. The van der Waals surface area contributed by atoms with Crippen LogP contribution in [0.4, 0.5) is 11.4 Å². The van der Waals surface area contributed by atoms with Gasteiger partial charge in [0, 0.05) is 31.3 Å². The number of nitro benzene ring substituents is 1. The number of nitrogens with zero attached hydrogens (tertiary/aromatic N) is 4. The number of amides is 1. The molecule has 168 valence electrons. The minimum atomic E-state index is -0.481. The molecule has 3 aromatic rings. The zero-order valence-electron chi connectivity index (χ0n) is 18.2. The van der Waals surface area contributed by atoms with E-state index in [1.807, 2.05) is 24.6 Å². The van der Waals surface area contributed by atoms with Gasteiger partial charge in [-0.15, -0.1) is 10.2 Å². The Hall–Kier alpha value is -3.40. The molecular weight excluding hydrogens is 430 g/mol. The quantitative estimate of drug-likeness (QED) is 0.280. The third-order valence-corrected chi connectivity index (χ3v) is 5.96. The van der Waals surface area contributed by atoms with Gasteiger partial charge < -0.3 is 14.6 Å². The number of hydrogen-bond donors (Lipinski definition) is 1. The summed E-state index contributed by atoms with van der Waals surface area (Å²) in [7, 11) is 3.56. The summed E-state index contributed by atoms with van der Waals surface area (Å²) in [6.45, 7) is 2.03. The second-order valence-electron chi connectivity index (χ2n) is 7.26. The maximum atomic E-state index is 12.2. The fourth-order valence-electron chi connectivity index (χ4n) is 3.23. The first kappa shape index (κ1) is 23.3. The van der Waals surface area contributed by atoms with Crippen molar-refractivity contribution < 1.29 is 14.5 Å². The Morgan fingerprint density at radius 3 is 2.59 bits per heavy atom. The highest BCUT2D eigenvalue weighted by Crippen LogP contribution is 2.21. The van der Waals surface area contributed by atoms with Crippen LogP contribution in [-0.4, -0.2) is 38.5 Å². The van der Waals surface area contributed by atoms with Crippen molar-refractivity contribution in [1.29, 1.82) is 0 Å². The van der Waals surface area contributed by atoms with E-state index in [0.29, 0.717) is 10.8 Å². The molecule has 0 spiro atoms. The molecule has 1 amide bonds. The lowest BCUT2D eigenvalue weighted by Crippen LogP contribution is -2.14. The Labute approximate surface area is 190 Å². The number of benzene rings is 2. The zero-order chi connectivity index (χ0) is 23.1. The molecule has 0 fully saturated rings. The van der Waals surface area contributed by atoms with E-state index >= 15 is 0 Å². The summed E-state index contributed by atoms with van der Waals surface area (Å²) in [5, 5.41) is 22.5. The Bertz CT molecular complexity index is 1100. The average molecular weight is 456 g/mol. The van der Waals surface area contributed by atoms with Crippen molar-refractivity contribution in [1.82, 2.24) is 14.8 Å². The van der Waals surface area contributed by atoms with Gasteiger partial charge in [-0.05, 0) is 49.1 Å². The van der Waals surface area contributed by atoms with Crippen molar-refractivity contribution in [2.24, 2.45) is 7.05 Å². The summed E-state index contributed by atoms with van der Waals surface area (Å²) in [4.78, 5) is 22.4. The molecule has 9 nitrogen and oxygen atoms in total. The Balaban J connectivity index is 1.47. The molecule has 0 aliphatic carbocycles. The van der Waals surface area contributed by atoms with Crippen molar-refractivity contribution in [2.45, 2.75) is 31.3 Å². The molecule has 2 aromatic carbocycles. The average Bonchev–Trinajstić information content (AvgIpc) is 3.12. The van der Waals surface area contributed by atoms with Crippen LogP contribution in [0.2, 0.25) is 0 Å². The number of non-ortho nitro benzene ring substituents is 1. The van der Waals surface area contributed by atoms with E-state index in [1.54, 1.807) is 7.11 Å². The Morgan fingerprint density at radius 1 is 1.19 bits per heavy atom. The molecule has 32 heavy (non-hydrogen) atoms. The molecule has 1 heterocycles. The van der Waals surface area contributed by atoms with Gasteiger partial charge >= 0.3 is 0 Å². The third kappa shape index (κ3) is 6.07. The Morgan fingerprint density at radius 2 is 1.94 bits per heavy atom. The molecule has 1 N–H and O–H groups in total. The highest BCUT2D eigenvalue weighted by atomic mass is 32.2. The third-order valence-electron chi connectivity index (χ3n) is 4.94. The number of carbonyl (C=O) groups excluding carboxylic acids is 1. The van der Waals surface area contributed by atoms with E-state index in [2.05, 4.69) is 27.6 Å². The molecule has 0 aliphatic heterocycles. The lowest BCUT2D eigenvalue weighted by Gasteiger charge is -2.08. The standard InChI is InChI=1S/C22H25N5O4S/c1-15-13-16(7-12-19(15)31-3)5-4-6-20-24-25-22(26(20)2)32-14-21(28)23-17-8-10-18(11-9-17)27(29)30/h7-13H,4-6,14H2,1-3H3,(H,23,28). The highest BCUT2D eigenvalue weighted by molar-refractivity contribution is 7.99. The van der Waals surface area contributed by atoms with Gasteiger partial charge in [0.1, 0.15) is 11.6 Å². The molecular formula is C22H25N5O4S. The summed E-state index contributed by atoms with van der Waals surface area (Å²) >= 11 is 1.29. The van der Waals surface area contributed by atoms with Gasteiger partial charge in [0.15, 0.2) is 5.16 Å². The van der Waals surface area contributed by atoms with E-state index < -0.39 is 4.92 Å². The Kier molecular flexibility index (Phi) is 7.82. The minimum absolute atomic E-state index is 0.0221. The molecule has 0 aliphatic rings. The molecule has 10 heteroatoms. The van der Waals surface area contributed by atoms with Gasteiger partial charge in [-0.3, -0.25) is 14.9 Å². The van der Waals surface area contributed by atoms with E-state index in [1.165, 1.54) is 41.6 Å². The lowest BCUT2D eigenvalue weighted by molar-refractivity contribution is -0.384. The predicted octanol–water partition coefficient (Wildman–Crippen LogP) is 3.95. The summed E-state index contributed by atoms with van der Waals surface area (Å²) < 4.78 is 7.21. The smallest absolute Gasteiger partial charge is 0.269 e. The number of methoxy groups -OCH3 is 1. The fourth-order valence-corrected chi connectivity index (χ4v) is 3.96. The van der Waals surface area contributed by atoms with Gasteiger partial charge in [0.05, 0.1) is 17.8 Å². The van der Waals surface area contributed by atoms with Gasteiger partial charge in [-0.1, -0.05) is 23.9 Å². The van der Waals surface area contributed by atoms with Gasteiger partial charge in [0.25, 0.3) is 5.69 Å². The van der Waals surface area contributed by atoms with Crippen LogP contribution in [0.5, 0.6) is 5.75 Å². The van der Waals surface area contributed by atoms with Crippen LogP contribution in [0.1, 0.15) is 23.4 Å². The first-order valence-electron chi connectivity index (χ1n) is 10.1. The number of carbonyl (C=O) groups is 1. The van der Waals surface area contributed by atoms with Crippen molar-refractivity contribution in [3.05, 3.63) is 69.5 Å². The van der Waals surface area contributed by atoms with Gasteiger partial charge in [0.2, 0.25) is 5.91 Å². The lowest BCUT2D eigenvalue weighted by atomic mass is 10.0. The minimum Gasteiger partial charge on any atom is -0.496 e. The molecule has 0 unspecified atom stereocenters. The topological polar surface area (TPSA) is 112 Å². The van der Waals surface area contributed by atoms with Crippen LogP contribution in [0.25, 0.3) is 0 Å². The predicted molar refractivity (Wildman–Crippen MR) is 123 cm³/mol. The molecule has 0 bridgehead atoms. The van der Waals surface area contributed by atoms with Crippen LogP contribution < -0.4 is 10.1 Å². The number of nitro groups is 1. The van der Waals surface area contributed by atoms with Gasteiger partial charge in [-0.2, -0.15) is 0 Å². The number of hydrogen-bond acceptors (Lipinski definition) is 7. The maximum absolute atomic E-state index is 12.2. The number of rotatable bonds is 10. The molecule has 0 saturated heterocycles. The van der Waals surface area contributed by atoms with E-state index in [0.717, 1.165) is 36.4 Å². The monoisotopic (exact) mass is 455 g/mol. The summed E-state index contributed by atoms with van der Waals surface area (Å²) in [6, 6.07) is 11.9. The molecule has 1 aromatic heterocycles. The number of ether oxygens (including phenoxy) is 1. The van der Waals surface area contributed by atoms with Crippen molar-refractivity contribution in [3.63, 3.8) is 0 Å². The highest BCUT2D eigenvalue weighted by Gasteiger charge is 2.12. The number of aromatic nitrogens is 3. The van der Waals surface area contributed by atoms with Crippen LogP contribution in [0.15, 0.2) is 47.6 Å². The van der Waals surface area contributed by atoms with Crippen LogP contribution in [0.3, 0.4) is 0 Å². The largest absolute Gasteiger partial charge is 0.496 e. The summed E-state index contributed by atoms with van der Waals surface area (Å²) in [6.07, 6.45) is 2.64. The molecule has 0 saturated carbocycles. The molecule has 3 rings (SSSR count). The van der Waals surface area contributed by atoms with Crippen LogP contribution in [-0.2, 0) is 24.7 Å². The van der Waals surface area contributed by atoms with E-state index in [-0.39, 0.29) is 17.3 Å². The number of anilines is 1. The maximum Gasteiger partial charge on any atom is 0.269 e. The number of thioether (sulfide) groups is 1. The van der Waals surface area contributed by atoms with Crippen molar-refractivity contribution >= 4 is 29.0 Å². The second kappa shape index (κ2) is 10.8. The van der Waals surface area contributed by atoms with Crippen molar-refractivity contribution in [2.75, 3.05) is 18.2 Å². The zero-order valence-corrected chi connectivity index (χ0v) is 19.0. The normalized spacial score (nSPS) is 10.7. The summed E-state index contributed by atoms with van der Waals surface area (Å²) in [5.74, 6) is 1.70. The first-order chi connectivity index (χ1) is 15.4.